The van der Waals surface area contributed by atoms with E-state index in [1.165, 1.54) is 0 Å². The number of benzene rings is 1. The van der Waals surface area contributed by atoms with Crippen molar-refractivity contribution in [1.82, 2.24) is 0 Å². The third kappa shape index (κ3) is 3.47. The SMILES string of the molecule is CCC(C)(CO)CNc1cc(C(=O)O)ccc1C. The molecule has 0 aliphatic carbocycles. The molecule has 1 aromatic carbocycles. The first-order valence-electron chi connectivity index (χ1n) is 6.10. The Morgan fingerprint density at radius 3 is 2.61 bits per heavy atom. The van der Waals surface area contributed by atoms with E-state index in [-0.39, 0.29) is 17.6 Å². The van der Waals surface area contributed by atoms with Gasteiger partial charge in [-0.25, -0.2) is 4.79 Å². The lowest BCUT2D eigenvalue weighted by atomic mass is 9.88. The lowest BCUT2D eigenvalue weighted by Gasteiger charge is -2.27. The summed E-state index contributed by atoms with van der Waals surface area (Å²) < 4.78 is 0. The molecule has 0 saturated carbocycles. The first-order valence-corrected chi connectivity index (χ1v) is 6.10. The van der Waals surface area contributed by atoms with Gasteiger partial charge >= 0.3 is 5.97 Å². The molecule has 1 rings (SSSR count). The molecule has 0 aliphatic rings. The first-order chi connectivity index (χ1) is 8.41. The van der Waals surface area contributed by atoms with E-state index in [0.29, 0.717) is 6.54 Å². The second kappa shape index (κ2) is 5.87. The Labute approximate surface area is 108 Å². The molecule has 4 heteroatoms. The maximum absolute atomic E-state index is 10.9. The van der Waals surface area contributed by atoms with Gasteiger partial charge in [-0.1, -0.05) is 19.9 Å². The maximum Gasteiger partial charge on any atom is 0.335 e. The average molecular weight is 251 g/mol. The van der Waals surface area contributed by atoms with Crippen LogP contribution >= 0.6 is 0 Å². The number of nitrogens with one attached hydrogen (secondary N) is 1. The highest BCUT2D eigenvalue weighted by Crippen LogP contribution is 2.23. The van der Waals surface area contributed by atoms with E-state index in [1.807, 2.05) is 20.8 Å². The van der Waals surface area contributed by atoms with Crippen LogP contribution in [0.4, 0.5) is 5.69 Å². The second-order valence-corrected chi connectivity index (χ2v) is 5.01. The van der Waals surface area contributed by atoms with Crippen molar-refractivity contribution in [2.24, 2.45) is 5.41 Å². The number of hydrogen-bond acceptors (Lipinski definition) is 3. The number of carboxylic acids is 1. The van der Waals surface area contributed by atoms with Crippen LogP contribution in [0, 0.1) is 12.3 Å². The number of aromatic carboxylic acids is 1. The van der Waals surface area contributed by atoms with Gasteiger partial charge in [-0.2, -0.15) is 0 Å². The Hall–Kier alpha value is -1.55. The van der Waals surface area contributed by atoms with E-state index in [2.05, 4.69) is 5.32 Å². The molecule has 18 heavy (non-hydrogen) atoms. The summed E-state index contributed by atoms with van der Waals surface area (Å²) in [6.07, 6.45) is 0.855. The standard InChI is InChI=1S/C14H21NO3/c1-4-14(3,9-16)8-15-12-7-11(13(17)18)6-5-10(12)2/h5-7,15-16H,4,8-9H2,1-3H3,(H,17,18). The van der Waals surface area contributed by atoms with Crippen LogP contribution < -0.4 is 5.32 Å². The summed E-state index contributed by atoms with van der Waals surface area (Å²) in [6, 6.07) is 5.01. The molecule has 100 valence electrons. The molecule has 0 bridgehead atoms. The zero-order valence-electron chi connectivity index (χ0n) is 11.2. The number of hydrogen-bond donors (Lipinski definition) is 3. The van der Waals surface area contributed by atoms with E-state index < -0.39 is 5.97 Å². The summed E-state index contributed by atoms with van der Waals surface area (Å²) >= 11 is 0. The van der Waals surface area contributed by atoms with E-state index >= 15 is 0 Å². The van der Waals surface area contributed by atoms with Crippen LogP contribution in [0.15, 0.2) is 18.2 Å². The van der Waals surface area contributed by atoms with Crippen LogP contribution in [0.2, 0.25) is 0 Å². The average Bonchev–Trinajstić information content (AvgIpc) is 2.37. The highest BCUT2D eigenvalue weighted by Gasteiger charge is 2.21. The van der Waals surface area contributed by atoms with Gasteiger partial charge in [0, 0.05) is 17.6 Å². The van der Waals surface area contributed by atoms with Crippen molar-refractivity contribution in [1.29, 1.82) is 0 Å². The minimum Gasteiger partial charge on any atom is -0.478 e. The van der Waals surface area contributed by atoms with Gasteiger partial charge in [-0.3, -0.25) is 0 Å². The predicted molar refractivity (Wildman–Crippen MR) is 72.1 cm³/mol. The first kappa shape index (κ1) is 14.5. The molecule has 0 heterocycles. The smallest absolute Gasteiger partial charge is 0.335 e. The van der Waals surface area contributed by atoms with Crippen LogP contribution in [-0.2, 0) is 0 Å². The second-order valence-electron chi connectivity index (χ2n) is 5.01. The zero-order chi connectivity index (χ0) is 13.8. The Morgan fingerprint density at radius 1 is 1.44 bits per heavy atom. The normalized spacial score (nSPS) is 14.0. The highest BCUT2D eigenvalue weighted by molar-refractivity contribution is 5.89. The van der Waals surface area contributed by atoms with Crippen LogP contribution in [0.1, 0.15) is 36.2 Å². The number of aliphatic hydroxyl groups is 1. The van der Waals surface area contributed by atoms with Crippen molar-refractivity contribution < 1.29 is 15.0 Å². The molecule has 0 aliphatic heterocycles. The molecule has 0 radical (unpaired) electrons. The van der Waals surface area contributed by atoms with Gasteiger partial charge in [0.15, 0.2) is 0 Å². The number of aryl methyl sites for hydroxylation is 1. The largest absolute Gasteiger partial charge is 0.478 e. The molecule has 0 saturated heterocycles. The summed E-state index contributed by atoms with van der Waals surface area (Å²) in [5.74, 6) is -0.932. The van der Waals surface area contributed by atoms with Crippen molar-refractivity contribution in [3.05, 3.63) is 29.3 Å². The van der Waals surface area contributed by atoms with Crippen LogP contribution in [0.3, 0.4) is 0 Å². The van der Waals surface area contributed by atoms with Crippen molar-refractivity contribution in [3.8, 4) is 0 Å². The Balaban J connectivity index is 2.84. The van der Waals surface area contributed by atoms with Crippen molar-refractivity contribution in [3.63, 3.8) is 0 Å². The van der Waals surface area contributed by atoms with Crippen LogP contribution in [0.5, 0.6) is 0 Å². The Kier molecular flexibility index (Phi) is 4.73. The summed E-state index contributed by atoms with van der Waals surface area (Å²) in [7, 11) is 0. The third-order valence-electron chi connectivity index (χ3n) is 3.43. The summed E-state index contributed by atoms with van der Waals surface area (Å²) in [4.78, 5) is 10.9. The van der Waals surface area contributed by atoms with Gasteiger partial charge < -0.3 is 15.5 Å². The topological polar surface area (TPSA) is 69.6 Å². The van der Waals surface area contributed by atoms with Gasteiger partial charge in [0.2, 0.25) is 0 Å². The summed E-state index contributed by atoms with van der Waals surface area (Å²) in [5, 5.41) is 21.5. The fourth-order valence-electron chi connectivity index (χ4n) is 1.55. The van der Waals surface area contributed by atoms with E-state index in [0.717, 1.165) is 17.7 Å². The van der Waals surface area contributed by atoms with Gasteiger partial charge in [-0.05, 0) is 31.0 Å². The van der Waals surface area contributed by atoms with Crippen molar-refractivity contribution in [2.75, 3.05) is 18.5 Å². The molecule has 0 fully saturated rings. The van der Waals surface area contributed by atoms with Crippen molar-refractivity contribution in [2.45, 2.75) is 27.2 Å². The number of carbonyl (C=O) groups is 1. The minimum absolute atomic E-state index is 0.105. The molecule has 0 spiro atoms. The number of rotatable bonds is 6. The molecule has 4 nitrogen and oxygen atoms in total. The number of anilines is 1. The summed E-state index contributed by atoms with van der Waals surface area (Å²) in [5.41, 5.74) is 1.88. The number of aliphatic hydroxyl groups excluding tert-OH is 1. The molecular formula is C14H21NO3. The highest BCUT2D eigenvalue weighted by atomic mass is 16.4. The third-order valence-corrected chi connectivity index (χ3v) is 3.43. The van der Waals surface area contributed by atoms with E-state index in [4.69, 9.17) is 5.11 Å². The molecule has 1 atom stereocenters. The lowest BCUT2D eigenvalue weighted by molar-refractivity contribution is 0.0697. The predicted octanol–water partition coefficient (Wildman–Crippen LogP) is 2.51. The molecular weight excluding hydrogens is 230 g/mol. The summed E-state index contributed by atoms with van der Waals surface area (Å²) in [6.45, 7) is 6.67. The van der Waals surface area contributed by atoms with Crippen LogP contribution in [-0.4, -0.2) is 29.3 Å². The Morgan fingerprint density at radius 2 is 2.11 bits per heavy atom. The zero-order valence-corrected chi connectivity index (χ0v) is 11.2. The monoisotopic (exact) mass is 251 g/mol. The van der Waals surface area contributed by atoms with Gasteiger partial charge in [0.05, 0.1) is 12.2 Å². The van der Waals surface area contributed by atoms with Gasteiger partial charge in [0.1, 0.15) is 0 Å². The fourth-order valence-corrected chi connectivity index (χ4v) is 1.55. The lowest BCUT2D eigenvalue weighted by Crippen LogP contribution is -2.29. The Bertz CT molecular complexity index is 425. The van der Waals surface area contributed by atoms with Crippen molar-refractivity contribution >= 4 is 11.7 Å². The van der Waals surface area contributed by atoms with E-state index in [9.17, 15) is 9.90 Å². The molecule has 0 amide bonds. The van der Waals surface area contributed by atoms with Crippen LogP contribution in [0.25, 0.3) is 0 Å². The van der Waals surface area contributed by atoms with Gasteiger partial charge in [0.25, 0.3) is 0 Å². The molecule has 3 N–H and O–H groups in total. The molecule has 1 unspecified atom stereocenters. The van der Waals surface area contributed by atoms with Gasteiger partial charge in [-0.15, -0.1) is 0 Å². The fraction of sp³-hybridized carbons (Fsp3) is 0.500. The number of carboxylic acid groups (broad SMARTS) is 1. The molecule has 0 aromatic heterocycles. The quantitative estimate of drug-likeness (QED) is 0.726. The minimum atomic E-state index is -0.932. The maximum atomic E-state index is 10.9. The van der Waals surface area contributed by atoms with E-state index in [1.54, 1.807) is 18.2 Å². The molecule has 1 aromatic rings.